The average molecular weight is 447 g/mol. The summed E-state index contributed by atoms with van der Waals surface area (Å²) in [4.78, 5) is 12.5. The van der Waals surface area contributed by atoms with E-state index in [0.29, 0.717) is 16.5 Å². The number of hydrogen-bond acceptors (Lipinski definition) is 5. The van der Waals surface area contributed by atoms with Crippen molar-refractivity contribution in [3.63, 3.8) is 0 Å². The van der Waals surface area contributed by atoms with Gasteiger partial charge < -0.3 is 5.32 Å². The van der Waals surface area contributed by atoms with Gasteiger partial charge in [0.2, 0.25) is 5.91 Å². The van der Waals surface area contributed by atoms with Crippen molar-refractivity contribution in [3.05, 3.63) is 77.9 Å². The van der Waals surface area contributed by atoms with E-state index in [9.17, 15) is 9.18 Å². The Balaban J connectivity index is 1.37. The molecule has 1 N–H and O–H groups in total. The van der Waals surface area contributed by atoms with E-state index in [1.807, 2.05) is 48.7 Å². The Morgan fingerprint density at radius 2 is 1.88 bits per heavy atom. The molecule has 0 spiro atoms. The van der Waals surface area contributed by atoms with Crippen molar-refractivity contribution in [2.24, 2.45) is 0 Å². The number of amides is 1. The largest absolute Gasteiger partial charge is 0.325 e. The number of nitrogens with zero attached hydrogens (tertiary/aromatic N) is 5. The topological polar surface area (TPSA) is 76.6 Å². The Morgan fingerprint density at radius 3 is 2.69 bits per heavy atom. The van der Waals surface area contributed by atoms with Crippen molar-refractivity contribution in [2.75, 3.05) is 11.1 Å². The van der Waals surface area contributed by atoms with Gasteiger partial charge >= 0.3 is 0 Å². The average Bonchev–Trinajstić information content (AvgIpc) is 3.39. The van der Waals surface area contributed by atoms with Crippen LogP contribution in [0.3, 0.4) is 0 Å². The zero-order chi connectivity index (χ0) is 22.2. The SMILES string of the molecule is Cc1ccc(C)c(NC(=O)CSc2nnc3c4cc(-c5ccc(F)cc5)nn4ccn23)c1. The minimum Gasteiger partial charge on any atom is -0.325 e. The molecule has 3 heterocycles. The van der Waals surface area contributed by atoms with Crippen LogP contribution < -0.4 is 5.32 Å². The lowest BCUT2D eigenvalue weighted by Gasteiger charge is -2.09. The third kappa shape index (κ3) is 3.82. The molecule has 5 rings (SSSR count). The molecule has 0 fully saturated rings. The molecular formula is C23H19FN6OS. The molecule has 0 bridgehead atoms. The summed E-state index contributed by atoms with van der Waals surface area (Å²) in [6, 6.07) is 14.0. The van der Waals surface area contributed by atoms with E-state index >= 15 is 0 Å². The summed E-state index contributed by atoms with van der Waals surface area (Å²) in [6.07, 6.45) is 3.62. The number of carbonyl (C=O) groups is 1. The highest BCUT2D eigenvalue weighted by atomic mass is 32.2. The van der Waals surface area contributed by atoms with Gasteiger partial charge in [-0.2, -0.15) is 5.10 Å². The second-order valence-corrected chi connectivity index (χ2v) is 8.44. The summed E-state index contributed by atoms with van der Waals surface area (Å²) >= 11 is 1.31. The maximum absolute atomic E-state index is 13.2. The van der Waals surface area contributed by atoms with Gasteiger partial charge in [0.05, 0.1) is 11.4 Å². The number of nitrogens with one attached hydrogen (secondary N) is 1. The summed E-state index contributed by atoms with van der Waals surface area (Å²) in [5.74, 6) is -0.190. The molecule has 160 valence electrons. The van der Waals surface area contributed by atoms with Crippen LogP contribution in [0, 0.1) is 19.7 Å². The van der Waals surface area contributed by atoms with Crippen molar-refractivity contribution in [1.29, 1.82) is 0 Å². The number of halogens is 1. The van der Waals surface area contributed by atoms with Gasteiger partial charge in [0, 0.05) is 23.6 Å². The Kier molecular flexibility index (Phi) is 5.10. The molecular weight excluding hydrogens is 427 g/mol. The second-order valence-electron chi connectivity index (χ2n) is 7.50. The van der Waals surface area contributed by atoms with Crippen LogP contribution >= 0.6 is 11.8 Å². The lowest BCUT2D eigenvalue weighted by molar-refractivity contribution is -0.113. The predicted molar refractivity (Wildman–Crippen MR) is 122 cm³/mol. The van der Waals surface area contributed by atoms with Gasteiger partial charge in [-0.05, 0) is 61.4 Å². The summed E-state index contributed by atoms with van der Waals surface area (Å²) in [6.45, 7) is 3.95. The Labute approximate surface area is 187 Å². The van der Waals surface area contributed by atoms with E-state index in [1.54, 1.807) is 22.8 Å². The number of fused-ring (bicyclic) bond motifs is 3. The summed E-state index contributed by atoms with van der Waals surface area (Å²) in [5, 5.41) is 16.7. The van der Waals surface area contributed by atoms with Gasteiger partial charge in [-0.3, -0.25) is 9.20 Å². The van der Waals surface area contributed by atoms with E-state index in [2.05, 4.69) is 20.6 Å². The molecule has 0 aliphatic heterocycles. The highest BCUT2D eigenvalue weighted by Crippen LogP contribution is 2.25. The Morgan fingerprint density at radius 1 is 1.06 bits per heavy atom. The van der Waals surface area contributed by atoms with Gasteiger partial charge in [0.15, 0.2) is 10.8 Å². The maximum Gasteiger partial charge on any atom is 0.234 e. The Hall–Kier alpha value is -3.72. The van der Waals surface area contributed by atoms with Crippen molar-refractivity contribution in [2.45, 2.75) is 19.0 Å². The molecule has 0 aliphatic rings. The van der Waals surface area contributed by atoms with Gasteiger partial charge in [-0.25, -0.2) is 8.91 Å². The van der Waals surface area contributed by atoms with Crippen molar-refractivity contribution >= 4 is 34.5 Å². The lowest BCUT2D eigenvalue weighted by Crippen LogP contribution is -2.15. The smallest absolute Gasteiger partial charge is 0.234 e. The molecule has 32 heavy (non-hydrogen) atoms. The normalized spacial score (nSPS) is 11.3. The van der Waals surface area contributed by atoms with Crippen molar-refractivity contribution < 1.29 is 9.18 Å². The van der Waals surface area contributed by atoms with E-state index < -0.39 is 0 Å². The third-order valence-corrected chi connectivity index (χ3v) is 6.07. The number of thioether (sulfide) groups is 1. The molecule has 0 saturated carbocycles. The van der Waals surface area contributed by atoms with Gasteiger partial charge in [0.25, 0.3) is 0 Å². The van der Waals surface area contributed by atoms with Gasteiger partial charge in [-0.15, -0.1) is 10.2 Å². The second kappa shape index (κ2) is 8.08. The fraction of sp³-hybridized carbons (Fsp3) is 0.130. The zero-order valence-electron chi connectivity index (χ0n) is 17.4. The number of carbonyl (C=O) groups excluding carboxylic acids is 1. The standard InChI is InChI=1S/C23H19FN6OS/c1-14-3-4-15(2)18(11-14)25-21(31)13-32-23-27-26-22-20-12-19(16-5-7-17(24)8-6-16)28-30(20)10-9-29(22)23/h3-12H,13H2,1-2H3,(H,25,31). The number of benzene rings is 2. The number of aromatic nitrogens is 5. The molecule has 3 aromatic heterocycles. The number of hydrogen-bond donors (Lipinski definition) is 1. The zero-order valence-corrected chi connectivity index (χ0v) is 18.2. The summed E-state index contributed by atoms with van der Waals surface area (Å²) in [5.41, 5.74) is 5.84. The number of aryl methyl sites for hydroxylation is 2. The molecule has 0 radical (unpaired) electrons. The third-order valence-electron chi connectivity index (χ3n) is 5.13. The molecule has 0 aliphatic carbocycles. The van der Waals surface area contributed by atoms with Crippen LogP contribution in [0.2, 0.25) is 0 Å². The summed E-state index contributed by atoms with van der Waals surface area (Å²) < 4.78 is 16.8. The monoisotopic (exact) mass is 446 g/mol. The molecule has 0 saturated heterocycles. The Bertz CT molecular complexity index is 1460. The van der Waals surface area contributed by atoms with Gasteiger partial charge in [-0.1, -0.05) is 23.9 Å². The first-order chi connectivity index (χ1) is 15.5. The fourth-order valence-corrected chi connectivity index (χ4v) is 4.16. The molecule has 2 aromatic carbocycles. The van der Waals surface area contributed by atoms with Crippen molar-refractivity contribution in [1.82, 2.24) is 24.2 Å². The fourth-order valence-electron chi connectivity index (χ4n) is 3.44. The van der Waals surface area contributed by atoms with Crippen LogP contribution in [0.15, 0.2) is 66.1 Å². The van der Waals surface area contributed by atoms with Gasteiger partial charge in [0.1, 0.15) is 11.3 Å². The van der Waals surface area contributed by atoms with E-state index in [0.717, 1.165) is 27.9 Å². The maximum atomic E-state index is 13.2. The van der Waals surface area contributed by atoms with Crippen LogP contribution in [-0.2, 0) is 4.79 Å². The molecule has 5 aromatic rings. The van der Waals surface area contributed by atoms with Crippen molar-refractivity contribution in [3.8, 4) is 11.3 Å². The van der Waals surface area contributed by atoms with E-state index in [1.165, 1.54) is 23.9 Å². The van der Waals surface area contributed by atoms with Crippen LogP contribution in [0.25, 0.3) is 22.4 Å². The van der Waals surface area contributed by atoms with Crippen LogP contribution in [0.1, 0.15) is 11.1 Å². The number of anilines is 1. The number of rotatable bonds is 5. The molecule has 0 atom stereocenters. The molecule has 9 heteroatoms. The molecule has 7 nitrogen and oxygen atoms in total. The minimum atomic E-state index is -0.291. The predicted octanol–water partition coefficient (Wildman–Crippen LogP) is 4.53. The minimum absolute atomic E-state index is 0.107. The first-order valence-corrected chi connectivity index (χ1v) is 11.0. The highest BCUT2D eigenvalue weighted by molar-refractivity contribution is 7.99. The molecule has 0 unspecified atom stereocenters. The van der Waals surface area contributed by atoms with Crippen LogP contribution in [0.5, 0.6) is 0 Å². The first-order valence-electron chi connectivity index (χ1n) is 9.97. The lowest BCUT2D eigenvalue weighted by atomic mass is 10.1. The first kappa shape index (κ1) is 20.2. The van der Waals surface area contributed by atoms with E-state index in [-0.39, 0.29) is 17.5 Å². The summed E-state index contributed by atoms with van der Waals surface area (Å²) in [7, 11) is 0. The van der Waals surface area contributed by atoms with E-state index in [4.69, 9.17) is 0 Å². The highest BCUT2D eigenvalue weighted by Gasteiger charge is 2.14. The van der Waals surface area contributed by atoms with Crippen LogP contribution in [-0.4, -0.2) is 35.9 Å². The quantitative estimate of drug-likeness (QED) is 0.402. The van der Waals surface area contributed by atoms with Crippen LogP contribution in [0.4, 0.5) is 10.1 Å². The molecule has 1 amide bonds.